The molecule has 0 fully saturated rings. The quantitative estimate of drug-likeness (QED) is 0.927. The molecule has 1 aromatic carbocycles. The molecule has 16 heavy (non-hydrogen) atoms. The van der Waals surface area contributed by atoms with Crippen LogP contribution in [0.25, 0.3) is 0 Å². The fourth-order valence-electron chi connectivity index (χ4n) is 1.10. The summed E-state index contributed by atoms with van der Waals surface area (Å²) in [5, 5.41) is 0. The van der Waals surface area contributed by atoms with Crippen molar-refractivity contribution in [3.8, 4) is 0 Å². The molecule has 0 spiro atoms. The second kappa shape index (κ2) is 5.65. The largest absolute Gasteiger partial charge is 0.415 e. The van der Waals surface area contributed by atoms with E-state index in [1.807, 2.05) is 0 Å². The topological polar surface area (TPSA) is 35.2 Å². The summed E-state index contributed by atoms with van der Waals surface area (Å²) in [5.41, 5.74) is 5.66. The van der Waals surface area contributed by atoms with Crippen molar-refractivity contribution in [2.24, 2.45) is 5.73 Å². The Morgan fingerprint density at radius 3 is 2.44 bits per heavy atom. The van der Waals surface area contributed by atoms with E-state index in [2.05, 4.69) is 15.9 Å². The van der Waals surface area contributed by atoms with E-state index in [0.717, 1.165) is 0 Å². The summed E-state index contributed by atoms with van der Waals surface area (Å²) in [5.74, 6) is 0. The van der Waals surface area contributed by atoms with Gasteiger partial charge in [0.1, 0.15) is 0 Å². The zero-order valence-corrected chi connectivity index (χ0v) is 9.88. The summed E-state index contributed by atoms with van der Waals surface area (Å²) < 4.78 is 42.4. The number of rotatable bonds is 4. The number of benzene rings is 1. The first kappa shape index (κ1) is 13.5. The normalized spacial score (nSPS) is 13.8. The first-order valence-corrected chi connectivity index (χ1v) is 5.36. The van der Waals surface area contributed by atoms with E-state index in [9.17, 15) is 13.2 Å². The Balaban J connectivity index is 2.60. The molecule has 90 valence electrons. The standard InChI is InChI=1S/C10H11BrF3NO/c11-8-4-2-1-3-7(8)6-16-9(5-15)10(12,13)14/h1-4,9H,5-6,15H2. The highest BCUT2D eigenvalue weighted by Gasteiger charge is 2.39. The van der Waals surface area contributed by atoms with Crippen LogP contribution < -0.4 is 5.73 Å². The van der Waals surface area contributed by atoms with E-state index < -0.39 is 18.8 Å². The number of halogens is 4. The Hall–Kier alpha value is -0.590. The lowest BCUT2D eigenvalue weighted by Crippen LogP contribution is -2.38. The van der Waals surface area contributed by atoms with Crippen molar-refractivity contribution in [1.29, 1.82) is 0 Å². The van der Waals surface area contributed by atoms with Crippen molar-refractivity contribution < 1.29 is 17.9 Å². The van der Waals surface area contributed by atoms with Crippen LogP contribution in [0.1, 0.15) is 5.56 Å². The summed E-state index contributed by atoms with van der Waals surface area (Å²) >= 11 is 3.23. The van der Waals surface area contributed by atoms with Gasteiger partial charge < -0.3 is 10.5 Å². The first-order valence-electron chi connectivity index (χ1n) is 4.57. The maximum Gasteiger partial charge on any atom is 0.415 e. The van der Waals surface area contributed by atoms with Crippen LogP contribution in [0.15, 0.2) is 28.7 Å². The lowest BCUT2D eigenvalue weighted by molar-refractivity contribution is -0.220. The van der Waals surface area contributed by atoms with Crippen LogP contribution in [0.2, 0.25) is 0 Å². The van der Waals surface area contributed by atoms with Crippen LogP contribution in [-0.2, 0) is 11.3 Å². The van der Waals surface area contributed by atoms with Gasteiger partial charge >= 0.3 is 6.18 Å². The van der Waals surface area contributed by atoms with Crippen LogP contribution in [0.3, 0.4) is 0 Å². The van der Waals surface area contributed by atoms with Gasteiger partial charge in [0.2, 0.25) is 0 Å². The molecule has 0 saturated carbocycles. The summed E-state index contributed by atoms with van der Waals surface area (Å²) in [7, 11) is 0. The molecule has 6 heteroatoms. The number of hydrogen-bond donors (Lipinski definition) is 1. The maximum absolute atomic E-state index is 12.3. The zero-order chi connectivity index (χ0) is 12.2. The highest BCUT2D eigenvalue weighted by atomic mass is 79.9. The second-order valence-electron chi connectivity index (χ2n) is 3.17. The molecule has 0 aromatic heterocycles. The second-order valence-corrected chi connectivity index (χ2v) is 4.02. The van der Waals surface area contributed by atoms with Crippen LogP contribution in [0.5, 0.6) is 0 Å². The van der Waals surface area contributed by atoms with Crippen LogP contribution in [-0.4, -0.2) is 18.8 Å². The molecule has 1 atom stereocenters. The lowest BCUT2D eigenvalue weighted by Gasteiger charge is -2.19. The molecule has 0 aliphatic heterocycles. The Bertz CT molecular complexity index is 343. The third-order valence-corrected chi connectivity index (χ3v) is 2.75. The highest BCUT2D eigenvalue weighted by molar-refractivity contribution is 9.10. The molecular formula is C10H11BrF3NO. The van der Waals surface area contributed by atoms with Crippen molar-refractivity contribution in [2.75, 3.05) is 6.54 Å². The van der Waals surface area contributed by atoms with Gasteiger partial charge in [-0.1, -0.05) is 34.1 Å². The van der Waals surface area contributed by atoms with Crippen molar-refractivity contribution >= 4 is 15.9 Å². The molecule has 0 aliphatic carbocycles. The molecule has 0 heterocycles. The van der Waals surface area contributed by atoms with E-state index in [1.165, 1.54) is 0 Å². The van der Waals surface area contributed by atoms with Gasteiger partial charge in [-0.2, -0.15) is 13.2 Å². The highest BCUT2D eigenvalue weighted by Crippen LogP contribution is 2.24. The molecule has 2 nitrogen and oxygen atoms in total. The number of alkyl halides is 3. The Morgan fingerprint density at radius 1 is 1.31 bits per heavy atom. The van der Waals surface area contributed by atoms with Crippen molar-refractivity contribution in [3.05, 3.63) is 34.3 Å². The minimum Gasteiger partial charge on any atom is -0.363 e. The van der Waals surface area contributed by atoms with Gasteiger partial charge in [-0.05, 0) is 11.6 Å². The van der Waals surface area contributed by atoms with Crippen molar-refractivity contribution in [1.82, 2.24) is 0 Å². The van der Waals surface area contributed by atoms with E-state index >= 15 is 0 Å². The summed E-state index contributed by atoms with van der Waals surface area (Å²) in [6, 6.07) is 6.93. The first-order chi connectivity index (χ1) is 7.45. The van der Waals surface area contributed by atoms with Gasteiger partial charge in [0, 0.05) is 11.0 Å². The Kier molecular flexibility index (Phi) is 4.76. The lowest BCUT2D eigenvalue weighted by atomic mass is 10.2. The van der Waals surface area contributed by atoms with Crippen molar-refractivity contribution in [2.45, 2.75) is 18.9 Å². The monoisotopic (exact) mass is 297 g/mol. The predicted octanol–water partition coefficient (Wildman–Crippen LogP) is 2.86. The van der Waals surface area contributed by atoms with Gasteiger partial charge in [0.25, 0.3) is 0 Å². The van der Waals surface area contributed by atoms with Gasteiger partial charge in [-0.15, -0.1) is 0 Å². The molecule has 0 saturated heterocycles. The van der Waals surface area contributed by atoms with Gasteiger partial charge in [-0.3, -0.25) is 0 Å². The zero-order valence-electron chi connectivity index (χ0n) is 8.30. The number of ether oxygens (including phenoxy) is 1. The molecule has 0 amide bonds. The van der Waals surface area contributed by atoms with Crippen LogP contribution in [0, 0.1) is 0 Å². The Morgan fingerprint density at radius 2 is 1.94 bits per heavy atom. The number of nitrogens with two attached hydrogens (primary N) is 1. The minimum atomic E-state index is -4.42. The van der Waals surface area contributed by atoms with E-state index in [0.29, 0.717) is 10.0 Å². The molecular weight excluding hydrogens is 287 g/mol. The Labute approximate surface area is 99.7 Å². The fourth-order valence-corrected chi connectivity index (χ4v) is 1.50. The minimum absolute atomic E-state index is 0.122. The molecule has 0 aliphatic rings. The third-order valence-electron chi connectivity index (χ3n) is 1.98. The number of hydrogen-bond acceptors (Lipinski definition) is 2. The van der Waals surface area contributed by atoms with Gasteiger partial charge in [0.05, 0.1) is 6.61 Å². The maximum atomic E-state index is 12.3. The van der Waals surface area contributed by atoms with E-state index in [-0.39, 0.29) is 6.61 Å². The van der Waals surface area contributed by atoms with Gasteiger partial charge in [-0.25, -0.2) is 0 Å². The van der Waals surface area contributed by atoms with Gasteiger partial charge in [0.15, 0.2) is 6.10 Å². The molecule has 1 rings (SSSR count). The average Bonchev–Trinajstić information content (AvgIpc) is 2.19. The molecule has 0 bridgehead atoms. The predicted molar refractivity (Wildman–Crippen MR) is 57.8 cm³/mol. The van der Waals surface area contributed by atoms with Crippen molar-refractivity contribution in [3.63, 3.8) is 0 Å². The smallest absolute Gasteiger partial charge is 0.363 e. The fraction of sp³-hybridized carbons (Fsp3) is 0.400. The van der Waals surface area contributed by atoms with E-state index in [4.69, 9.17) is 10.5 Å². The summed E-state index contributed by atoms with van der Waals surface area (Å²) in [4.78, 5) is 0. The molecule has 1 unspecified atom stereocenters. The summed E-state index contributed by atoms with van der Waals surface area (Å²) in [6.45, 7) is -0.698. The van der Waals surface area contributed by atoms with Crippen LogP contribution in [0.4, 0.5) is 13.2 Å². The SMILES string of the molecule is NCC(OCc1ccccc1Br)C(F)(F)F. The third kappa shape index (κ3) is 3.77. The molecule has 1 aromatic rings. The van der Waals surface area contributed by atoms with E-state index in [1.54, 1.807) is 24.3 Å². The molecule has 0 radical (unpaired) electrons. The summed E-state index contributed by atoms with van der Waals surface area (Å²) in [6.07, 6.45) is -6.34. The average molecular weight is 298 g/mol. The van der Waals surface area contributed by atoms with Crippen LogP contribution >= 0.6 is 15.9 Å². The molecule has 2 N–H and O–H groups in total.